The number of nitrogens with zero attached hydrogens (tertiary/aromatic N) is 3. The number of aryl methyl sites for hydroxylation is 1. The van der Waals surface area contributed by atoms with E-state index in [1.165, 1.54) is 11.8 Å². The molecule has 7 heteroatoms. The van der Waals surface area contributed by atoms with Crippen LogP contribution in [0.4, 0.5) is 5.69 Å². The highest BCUT2D eigenvalue weighted by atomic mass is 32.2. The number of amides is 1. The van der Waals surface area contributed by atoms with E-state index in [4.69, 9.17) is 12.2 Å². The molecule has 0 bridgehead atoms. The third-order valence-electron chi connectivity index (χ3n) is 7.39. The van der Waals surface area contributed by atoms with Crippen LogP contribution in [-0.4, -0.2) is 38.8 Å². The van der Waals surface area contributed by atoms with E-state index in [-0.39, 0.29) is 17.5 Å². The first-order valence-corrected chi connectivity index (χ1v) is 13.4. The molecule has 3 fully saturated rings. The average Bonchev–Trinajstić information content (AvgIpc) is 3.43. The summed E-state index contributed by atoms with van der Waals surface area (Å²) in [6.07, 6.45) is 8.35. The van der Waals surface area contributed by atoms with E-state index in [2.05, 4.69) is 17.9 Å². The number of benzene rings is 1. The van der Waals surface area contributed by atoms with Gasteiger partial charge in [-0.05, 0) is 50.7 Å². The van der Waals surface area contributed by atoms with Gasteiger partial charge in [-0.25, -0.2) is 0 Å². The van der Waals surface area contributed by atoms with E-state index in [9.17, 15) is 9.59 Å². The third-order valence-corrected chi connectivity index (χ3v) is 8.72. The van der Waals surface area contributed by atoms with Crippen LogP contribution in [0.3, 0.4) is 0 Å². The quantitative estimate of drug-likeness (QED) is 0.432. The molecule has 2 aliphatic heterocycles. The highest BCUT2D eigenvalue weighted by Crippen LogP contribution is 2.40. The fraction of sp³-hybridized carbons (Fsp3) is 0.500. The zero-order chi connectivity index (χ0) is 23.1. The van der Waals surface area contributed by atoms with Gasteiger partial charge in [0.15, 0.2) is 0 Å². The predicted molar refractivity (Wildman–Crippen MR) is 142 cm³/mol. The molecule has 3 heterocycles. The molecule has 5 rings (SSSR count). The SMILES string of the molecule is CCn1c(=O)c(C=C2SC(=S)N(C3CCCC3)C2=O)c(N2CCC(C)CC2)c2ccccc21. The Hall–Kier alpha value is -2.12. The number of fused-ring (bicyclic) bond motifs is 1. The normalized spacial score (nSPS) is 21.8. The molecule has 2 saturated heterocycles. The first-order chi connectivity index (χ1) is 16.0. The van der Waals surface area contributed by atoms with E-state index in [1.54, 1.807) is 4.90 Å². The zero-order valence-corrected chi connectivity index (χ0v) is 21.0. The Balaban J connectivity index is 1.66. The number of thiocarbonyl (C=S) groups is 1. The monoisotopic (exact) mass is 481 g/mol. The summed E-state index contributed by atoms with van der Waals surface area (Å²) in [4.78, 5) is 31.9. The fourth-order valence-electron chi connectivity index (χ4n) is 5.52. The number of rotatable bonds is 4. The van der Waals surface area contributed by atoms with Gasteiger partial charge in [0.05, 0.1) is 21.7 Å². The van der Waals surface area contributed by atoms with Gasteiger partial charge in [0.1, 0.15) is 4.32 Å². The number of thioether (sulfide) groups is 1. The van der Waals surface area contributed by atoms with Gasteiger partial charge in [0.2, 0.25) is 0 Å². The van der Waals surface area contributed by atoms with Crippen molar-refractivity contribution < 1.29 is 4.79 Å². The first-order valence-electron chi connectivity index (χ1n) is 12.2. The molecular formula is C26H31N3O2S2. The number of para-hydroxylation sites is 1. The summed E-state index contributed by atoms with van der Waals surface area (Å²) in [5.41, 5.74) is 2.51. The maximum absolute atomic E-state index is 13.8. The van der Waals surface area contributed by atoms with E-state index in [0.29, 0.717) is 27.3 Å². The molecule has 1 saturated carbocycles. The largest absolute Gasteiger partial charge is 0.370 e. The second-order valence-electron chi connectivity index (χ2n) is 9.49. The Kier molecular flexibility index (Phi) is 6.36. The van der Waals surface area contributed by atoms with E-state index < -0.39 is 0 Å². The van der Waals surface area contributed by atoms with Crippen LogP contribution in [0.25, 0.3) is 17.0 Å². The number of hydrogen-bond donors (Lipinski definition) is 0. The van der Waals surface area contributed by atoms with Gasteiger partial charge in [-0.15, -0.1) is 0 Å². The third kappa shape index (κ3) is 4.03. The number of hydrogen-bond acceptors (Lipinski definition) is 5. The molecule has 1 aliphatic carbocycles. The molecule has 174 valence electrons. The average molecular weight is 482 g/mol. The Morgan fingerprint density at radius 3 is 2.48 bits per heavy atom. The maximum Gasteiger partial charge on any atom is 0.266 e. The van der Waals surface area contributed by atoms with Gasteiger partial charge in [0.25, 0.3) is 11.5 Å². The predicted octanol–water partition coefficient (Wildman–Crippen LogP) is 5.40. The van der Waals surface area contributed by atoms with Crippen molar-refractivity contribution in [1.82, 2.24) is 9.47 Å². The maximum atomic E-state index is 13.8. The molecule has 3 aliphatic rings. The summed E-state index contributed by atoms with van der Waals surface area (Å²) in [7, 11) is 0. The van der Waals surface area contributed by atoms with Crippen LogP contribution in [-0.2, 0) is 11.3 Å². The Morgan fingerprint density at radius 2 is 1.79 bits per heavy atom. The van der Waals surface area contributed by atoms with E-state index >= 15 is 0 Å². The van der Waals surface area contributed by atoms with E-state index in [0.717, 1.165) is 68.2 Å². The summed E-state index contributed by atoms with van der Waals surface area (Å²) in [6, 6.07) is 8.36. The molecule has 0 spiro atoms. The summed E-state index contributed by atoms with van der Waals surface area (Å²) in [6.45, 7) is 6.72. The van der Waals surface area contributed by atoms with Crippen LogP contribution in [0.15, 0.2) is 34.0 Å². The standard InChI is InChI=1S/C26H31N3O2S2/c1-3-28-21-11-7-6-10-19(21)23(27-14-12-17(2)13-15-27)20(24(28)30)16-22-25(31)29(26(32)33-22)18-8-4-5-9-18/h6-7,10-11,16-18H,3-5,8-9,12-15H2,1-2H3. The second-order valence-corrected chi connectivity index (χ2v) is 11.2. The summed E-state index contributed by atoms with van der Waals surface area (Å²) in [5, 5.41) is 1.08. The van der Waals surface area contributed by atoms with Gasteiger partial charge in [0, 0.05) is 31.1 Å². The van der Waals surface area contributed by atoms with Crippen LogP contribution >= 0.6 is 24.0 Å². The number of pyridine rings is 1. The van der Waals surface area contributed by atoms with Gasteiger partial charge in [-0.3, -0.25) is 14.5 Å². The van der Waals surface area contributed by atoms with E-state index in [1.807, 2.05) is 35.8 Å². The topological polar surface area (TPSA) is 45.6 Å². The van der Waals surface area contributed by atoms with Crippen LogP contribution in [0.2, 0.25) is 0 Å². The Bertz CT molecular complexity index is 1190. The number of aromatic nitrogens is 1. The molecule has 33 heavy (non-hydrogen) atoms. The van der Waals surface area contributed by atoms with Crippen molar-refractivity contribution in [3.05, 3.63) is 45.1 Å². The molecule has 0 atom stereocenters. The van der Waals surface area contributed by atoms with Crippen LogP contribution < -0.4 is 10.5 Å². The molecule has 0 N–H and O–H groups in total. The lowest BCUT2D eigenvalue weighted by Crippen LogP contribution is -2.37. The zero-order valence-electron chi connectivity index (χ0n) is 19.4. The van der Waals surface area contributed by atoms with Crippen molar-refractivity contribution in [3.8, 4) is 0 Å². The van der Waals surface area contributed by atoms with Crippen molar-refractivity contribution in [2.75, 3.05) is 18.0 Å². The number of carbonyl (C=O) groups excluding carboxylic acids is 1. The second kappa shape index (κ2) is 9.26. The number of carbonyl (C=O) groups is 1. The number of piperidine rings is 1. The fourth-order valence-corrected chi connectivity index (χ4v) is 6.90. The molecule has 5 nitrogen and oxygen atoms in total. The minimum atomic E-state index is -0.0364. The molecule has 0 unspecified atom stereocenters. The molecule has 1 amide bonds. The lowest BCUT2D eigenvalue weighted by Gasteiger charge is -2.34. The van der Waals surface area contributed by atoms with Crippen LogP contribution in [0.5, 0.6) is 0 Å². The molecular weight excluding hydrogens is 450 g/mol. The first kappa shape index (κ1) is 22.7. The van der Waals surface area contributed by atoms with Crippen molar-refractivity contribution in [1.29, 1.82) is 0 Å². The molecule has 0 radical (unpaired) electrons. The summed E-state index contributed by atoms with van der Waals surface area (Å²) in [5.74, 6) is 0.653. The van der Waals surface area contributed by atoms with Crippen molar-refractivity contribution in [2.45, 2.75) is 65.0 Å². The Labute approximate surface area is 204 Å². The summed E-state index contributed by atoms with van der Waals surface area (Å²) >= 11 is 6.96. The highest BCUT2D eigenvalue weighted by molar-refractivity contribution is 8.26. The smallest absolute Gasteiger partial charge is 0.266 e. The summed E-state index contributed by atoms with van der Waals surface area (Å²) < 4.78 is 2.46. The van der Waals surface area contributed by atoms with Crippen LogP contribution in [0.1, 0.15) is 57.9 Å². The minimum absolute atomic E-state index is 0.0315. The number of anilines is 1. The minimum Gasteiger partial charge on any atom is -0.370 e. The molecule has 2 aromatic rings. The van der Waals surface area contributed by atoms with Gasteiger partial charge in [-0.1, -0.05) is 61.9 Å². The lowest BCUT2D eigenvalue weighted by molar-refractivity contribution is -0.123. The van der Waals surface area contributed by atoms with Crippen molar-refractivity contribution in [3.63, 3.8) is 0 Å². The van der Waals surface area contributed by atoms with Crippen molar-refractivity contribution >= 4 is 56.9 Å². The highest BCUT2D eigenvalue weighted by Gasteiger charge is 2.38. The van der Waals surface area contributed by atoms with Gasteiger partial charge >= 0.3 is 0 Å². The van der Waals surface area contributed by atoms with Crippen molar-refractivity contribution in [2.24, 2.45) is 5.92 Å². The van der Waals surface area contributed by atoms with Gasteiger partial charge in [-0.2, -0.15) is 0 Å². The lowest BCUT2D eigenvalue weighted by atomic mass is 9.97. The molecule has 1 aromatic carbocycles. The molecule has 1 aromatic heterocycles. The van der Waals surface area contributed by atoms with Gasteiger partial charge < -0.3 is 9.47 Å². The van der Waals surface area contributed by atoms with Crippen LogP contribution in [0, 0.1) is 5.92 Å². The Morgan fingerprint density at radius 1 is 1.09 bits per heavy atom.